The van der Waals surface area contributed by atoms with Crippen molar-refractivity contribution >= 4 is 29.0 Å². The van der Waals surface area contributed by atoms with Crippen molar-refractivity contribution in [2.75, 3.05) is 0 Å². The maximum atomic E-state index is 14.0. The van der Waals surface area contributed by atoms with Crippen LogP contribution in [-0.4, -0.2) is 64.2 Å². The maximum absolute atomic E-state index is 14.0. The molecule has 2 fully saturated rings. The smallest absolute Gasteiger partial charge is 0.344 e. The Bertz CT molecular complexity index is 1660. The second kappa shape index (κ2) is 11.1. The number of hydrogen-bond donors (Lipinski definition) is 2. The lowest BCUT2D eigenvalue weighted by Gasteiger charge is -2.33. The van der Waals surface area contributed by atoms with Crippen molar-refractivity contribution in [3.8, 4) is 0 Å². The van der Waals surface area contributed by atoms with E-state index < -0.39 is 47.8 Å². The summed E-state index contributed by atoms with van der Waals surface area (Å²) in [6.07, 6.45) is -2.77. The second-order valence-electron chi connectivity index (χ2n) is 11.4. The molecule has 1 saturated carbocycles. The van der Waals surface area contributed by atoms with Gasteiger partial charge in [0.1, 0.15) is 23.1 Å². The zero-order chi connectivity index (χ0) is 31.3. The quantitative estimate of drug-likeness (QED) is 0.274. The van der Waals surface area contributed by atoms with Crippen molar-refractivity contribution in [2.24, 2.45) is 11.3 Å². The molecule has 4 aromatic heterocycles. The van der Waals surface area contributed by atoms with E-state index in [-0.39, 0.29) is 61.7 Å². The molecule has 2 N–H and O–H groups in total. The van der Waals surface area contributed by atoms with E-state index in [1.807, 2.05) is 0 Å². The number of hydrogen-bond acceptors (Lipinski definition) is 10. The number of nitrogens with one attached hydrogen (secondary N) is 2. The van der Waals surface area contributed by atoms with Gasteiger partial charge in [-0.2, -0.15) is 22.6 Å². The first-order chi connectivity index (χ1) is 20.8. The van der Waals surface area contributed by atoms with Crippen LogP contribution < -0.4 is 10.6 Å². The summed E-state index contributed by atoms with van der Waals surface area (Å²) in [6, 6.07) is -1.20. The molecular formula is C26H26F5N9O3S. The van der Waals surface area contributed by atoms with Gasteiger partial charge in [-0.3, -0.25) is 9.59 Å². The van der Waals surface area contributed by atoms with Crippen molar-refractivity contribution in [3.05, 3.63) is 52.4 Å². The lowest BCUT2D eigenvalue weighted by molar-refractivity contribution is -0.155. The van der Waals surface area contributed by atoms with Gasteiger partial charge in [0.2, 0.25) is 11.8 Å². The minimum absolute atomic E-state index is 0.0489. The number of aromatic nitrogens is 7. The normalized spacial score (nSPS) is 23.1. The Kier molecular flexibility index (Phi) is 7.57. The molecule has 0 bridgehead atoms. The van der Waals surface area contributed by atoms with Crippen molar-refractivity contribution in [3.63, 3.8) is 0 Å². The number of imidazole rings is 1. The first-order valence-electron chi connectivity index (χ1n) is 13.8. The Labute approximate surface area is 250 Å². The van der Waals surface area contributed by atoms with Gasteiger partial charge >= 0.3 is 6.18 Å². The lowest BCUT2D eigenvalue weighted by atomic mass is 9.76. The van der Waals surface area contributed by atoms with Crippen LogP contribution in [0.4, 0.5) is 22.0 Å². The molecule has 0 spiro atoms. The van der Waals surface area contributed by atoms with E-state index in [1.165, 1.54) is 23.1 Å². The zero-order valence-corrected chi connectivity index (χ0v) is 24.0. The van der Waals surface area contributed by atoms with Crippen LogP contribution in [0, 0.1) is 18.3 Å². The molecule has 0 unspecified atom stereocenters. The van der Waals surface area contributed by atoms with E-state index >= 15 is 0 Å². The molecule has 1 saturated heterocycles. The molecule has 2 amide bonds. The summed E-state index contributed by atoms with van der Waals surface area (Å²) >= 11 is 1.03. The van der Waals surface area contributed by atoms with Crippen molar-refractivity contribution in [1.29, 1.82) is 0 Å². The fourth-order valence-electron chi connectivity index (χ4n) is 6.03. The molecule has 1 aliphatic carbocycles. The molecular weight excluding hydrogens is 613 g/mol. The minimum Gasteiger partial charge on any atom is -0.344 e. The van der Waals surface area contributed by atoms with Gasteiger partial charge in [-0.25, -0.2) is 27.9 Å². The highest BCUT2D eigenvalue weighted by Gasteiger charge is 2.55. The Morgan fingerprint density at radius 1 is 1.25 bits per heavy atom. The van der Waals surface area contributed by atoms with Gasteiger partial charge in [0.15, 0.2) is 11.3 Å². The minimum atomic E-state index is -4.63. The number of nitrogens with zero attached hydrogens (tertiary/aromatic N) is 7. The molecule has 6 rings (SSSR count). The third-order valence-electron chi connectivity index (χ3n) is 8.32. The summed E-state index contributed by atoms with van der Waals surface area (Å²) in [4.78, 5) is 34.8. The third kappa shape index (κ3) is 5.98. The molecule has 3 atom stereocenters. The number of rotatable bonds is 8. The number of aryl methyl sites for hydroxylation is 1. The van der Waals surface area contributed by atoms with Crippen LogP contribution in [-0.2, 0) is 17.6 Å². The summed E-state index contributed by atoms with van der Waals surface area (Å²) in [5.41, 5.74) is 1.26. The molecule has 2 aliphatic rings. The van der Waals surface area contributed by atoms with Crippen LogP contribution in [0.25, 0.3) is 5.65 Å². The van der Waals surface area contributed by atoms with Gasteiger partial charge in [0.05, 0.1) is 29.5 Å². The SMILES string of the molecule is Cc1nonc1C(=O)N[C@H](c1cn2ncc(C[C@@]3(Cc4ncsn4)C[C@@H](C(F)(F)F)NC3=O)cc2n1)C1CCC(F)(F)CC1. The number of fused-ring (bicyclic) bond motifs is 1. The van der Waals surface area contributed by atoms with Crippen LogP contribution in [0.1, 0.15) is 71.4 Å². The van der Waals surface area contributed by atoms with Gasteiger partial charge in [-0.1, -0.05) is 5.16 Å². The number of carbonyl (C=O) groups excluding carboxylic acids is 2. The Morgan fingerprint density at radius 3 is 2.66 bits per heavy atom. The highest BCUT2D eigenvalue weighted by atomic mass is 32.1. The van der Waals surface area contributed by atoms with Crippen LogP contribution in [0.5, 0.6) is 0 Å². The third-order valence-corrected chi connectivity index (χ3v) is 8.84. The van der Waals surface area contributed by atoms with Crippen molar-refractivity contribution in [2.45, 2.75) is 76.1 Å². The van der Waals surface area contributed by atoms with Crippen molar-refractivity contribution in [1.82, 2.24) is 44.9 Å². The topological polar surface area (TPSA) is 153 Å². The highest BCUT2D eigenvalue weighted by molar-refractivity contribution is 7.03. The Hall–Kier alpha value is -4.09. The van der Waals surface area contributed by atoms with Gasteiger partial charge in [0.25, 0.3) is 5.91 Å². The van der Waals surface area contributed by atoms with E-state index in [4.69, 9.17) is 0 Å². The molecule has 5 heterocycles. The molecule has 4 aromatic rings. The monoisotopic (exact) mass is 639 g/mol. The average molecular weight is 640 g/mol. The summed E-state index contributed by atoms with van der Waals surface area (Å²) in [7, 11) is 0. The summed E-state index contributed by atoms with van der Waals surface area (Å²) in [6.45, 7) is 1.54. The number of carbonyl (C=O) groups is 2. The molecule has 18 heteroatoms. The summed E-state index contributed by atoms with van der Waals surface area (Å²) in [5.74, 6) is -4.28. The molecule has 0 radical (unpaired) electrons. The molecule has 12 nitrogen and oxygen atoms in total. The molecule has 44 heavy (non-hydrogen) atoms. The van der Waals surface area contributed by atoms with E-state index in [1.54, 1.807) is 12.3 Å². The molecule has 1 aliphatic heterocycles. The standard InChI is InChI=1S/C26H26F5N9O3S/c1-13-20(38-43-37-13)22(41)36-21(15-2-4-25(27,28)5-3-15)16-11-40-19(34-16)6-14(10-33-40)7-24(9-18-32-12-44-39-18)8-17(26(29,30)31)35-23(24)42/h6,10-12,15,17,21H,2-5,7-9H2,1H3,(H,35,42)(H,36,41)/t17-,21-,24-/m0/s1. The number of alkyl halides is 5. The Morgan fingerprint density at radius 2 is 2.02 bits per heavy atom. The van der Waals surface area contributed by atoms with E-state index in [0.29, 0.717) is 16.9 Å². The van der Waals surface area contributed by atoms with Crippen LogP contribution in [0.15, 0.2) is 28.6 Å². The van der Waals surface area contributed by atoms with Gasteiger partial charge in [-0.15, -0.1) is 0 Å². The fraction of sp³-hybridized carbons (Fsp3) is 0.538. The summed E-state index contributed by atoms with van der Waals surface area (Å²) in [5, 5.41) is 16.5. The van der Waals surface area contributed by atoms with Crippen molar-refractivity contribution < 1.29 is 36.2 Å². The predicted octanol–water partition coefficient (Wildman–Crippen LogP) is 3.79. The second-order valence-corrected chi connectivity index (χ2v) is 12.0. The van der Waals surface area contributed by atoms with E-state index in [2.05, 4.69) is 45.0 Å². The number of amides is 2. The van der Waals surface area contributed by atoms with Gasteiger partial charge < -0.3 is 10.6 Å². The first-order valence-corrected chi connectivity index (χ1v) is 14.6. The highest BCUT2D eigenvalue weighted by Crippen LogP contribution is 2.43. The Balaban J connectivity index is 1.30. The first kappa shape index (κ1) is 30.0. The van der Waals surface area contributed by atoms with Crippen LogP contribution >= 0.6 is 11.5 Å². The van der Waals surface area contributed by atoms with E-state index in [9.17, 15) is 31.5 Å². The van der Waals surface area contributed by atoms with Gasteiger partial charge in [-0.05, 0) is 66.8 Å². The average Bonchev–Trinajstić information content (AvgIpc) is 3.75. The van der Waals surface area contributed by atoms with Crippen LogP contribution in [0.2, 0.25) is 0 Å². The number of halogens is 5. The molecule has 0 aromatic carbocycles. The lowest BCUT2D eigenvalue weighted by Crippen LogP contribution is -2.39. The summed E-state index contributed by atoms with van der Waals surface area (Å²) < 4.78 is 79.0. The van der Waals surface area contributed by atoms with Gasteiger partial charge in [0, 0.05) is 19.3 Å². The fourth-order valence-corrected chi connectivity index (χ4v) is 6.48. The predicted molar refractivity (Wildman–Crippen MR) is 141 cm³/mol. The van der Waals surface area contributed by atoms with Crippen LogP contribution in [0.3, 0.4) is 0 Å². The van der Waals surface area contributed by atoms with E-state index in [0.717, 1.165) is 11.5 Å². The maximum Gasteiger partial charge on any atom is 0.408 e. The molecule has 234 valence electrons. The zero-order valence-electron chi connectivity index (χ0n) is 23.1. The largest absolute Gasteiger partial charge is 0.408 e.